The van der Waals surface area contributed by atoms with Gasteiger partial charge in [0.1, 0.15) is 5.82 Å². The van der Waals surface area contributed by atoms with Gasteiger partial charge in [-0.15, -0.1) is 0 Å². The number of aromatic amines is 1. The van der Waals surface area contributed by atoms with Gasteiger partial charge in [-0.1, -0.05) is 12.1 Å². The van der Waals surface area contributed by atoms with E-state index in [0.717, 1.165) is 43.0 Å². The number of hydrogen-bond acceptors (Lipinski definition) is 6. The molecule has 27 heavy (non-hydrogen) atoms. The lowest BCUT2D eigenvalue weighted by atomic mass is 10.1. The Balaban J connectivity index is 1.41. The van der Waals surface area contributed by atoms with Crippen molar-refractivity contribution >= 4 is 11.8 Å². The summed E-state index contributed by atoms with van der Waals surface area (Å²) in [6.45, 7) is 3.54. The van der Waals surface area contributed by atoms with E-state index in [-0.39, 0.29) is 5.56 Å². The zero-order valence-corrected chi connectivity index (χ0v) is 15.4. The van der Waals surface area contributed by atoms with E-state index in [2.05, 4.69) is 30.6 Å². The van der Waals surface area contributed by atoms with Crippen molar-refractivity contribution < 1.29 is 0 Å². The van der Waals surface area contributed by atoms with Crippen molar-refractivity contribution in [2.45, 2.75) is 26.2 Å². The molecular weight excluding hydrogens is 340 g/mol. The Labute approximate surface area is 158 Å². The molecule has 0 atom stereocenters. The fourth-order valence-corrected chi connectivity index (χ4v) is 2.60. The lowest BCUT2D eigenvalue weighted by molar-refractivity contribution is 0.787. The number of aryl methyl sites for hydroxylation is 1. The summed E-state index contributed by atoms with van der Waals surface area (Å²) in [7, 11) is 0. The number of H-pyrrole nitrogens is 1. The Hall–Kier alpha value is -3.22. The summed E-state index contributed by atoms with van der Waals surface area (Å²) in [5.41, 5.74) is 2.46. The molecule has 3 heterocycles. The molecule has 0 unspecified atom stereocenters. The SMILES string of the molecule is Cc1ccc(Cc2cnc(NCCCCNc3ccccn3)[nH]c2=O)cn1. The van der Waals surface area contributed by atoms with E-state index in [0.29, 0.717) is 17.9 Å². The van der Waals surface area contributed by atoms with Crippen molar-refractivity contribution in [3.8, 4) is 0 Å². The fourth-order valence-electron chi connectivity index (χ4n) is 2.60. The minimum atomic E-state index is -0.120. The maximum atomic E-state index is 12.2. The monoisotopic (exact) mass is 364 g/mol. The number of nitrogens with one attached hydrogen (secondary N) is 3. The molecule has 0 fully saturated rings. The first kappa shape index (κ1) is 18.6. The Morgan fingerprint density at radius 1 is 0.963 bits per heavy atom. The van der Waals surface area contributed by atoms with Gasteiger partial charge in [-0.2, -0.15) is 0 Å². The summed E-state index contributed by atoms with van der Waals surface area (Å²) in [4.78, 5) is 27.8. The van der Waals surface area contributed by atoms with Gasteiger partial charge in [-0.3, -0.25) is 14.8 Å². The summed E-state index contributed by atoms with van der Waals surface area (Å²) in [5, 5.41) is 6.43. The Morgan fingerprint density at radius 2 is 1.81 bits per heavy atom. The number of rotatable bonds is 9. The number of aromatic nitrogens is 4. The zero-order chi connectivity index (χ0) is 18.9. The summed E-state index contributed by atoms with van der Waals surface area (Å²) in [6, 6.07) is 9.72. The van der Waals surface area contributed by atoms with Crippen LogP contribution in [0.3, 0.4) is 0 Å². The molecule has 140 valence electrons. The van der Waals surface area contributed by atoms with Crippen molar-refractivity contribution in [2.24, 2.45) is 0 Å². The fraction of sp³-hybridized carbons (Fsp3) is 0.300. The van der Waals surface area contributed by atoms with E-state index >= 15 is 0 Å². The van der Waals surface area contributed by atoms with E-state index in [1.54, 1.807) is 18.6 Å². The molecule has 0 amide bonds. The predicted octanol–water partition coefficient (Wildman–Crippen LogP) is 2.76. The lowest BCUT2D eigenvalue weighted by Crippen LogP contribution is -2.18. The molecule has 0 aliphatic carbocycles. The average molecular weight is 364 g/mol. The van der Waals surface area contributed by atoms with Crippen molar-refractivity contribution in [3.63, 3.8) is 0 Å². The second-order valence-corrected chi connectivity index (χ2v) is 6.35. The topological polar surface area (TPSA) is 95.6 Å². The van der Waals surface area contributed by atoms with Crippen LogP contribution in [0.1, 0.15) is 29.7 Å². The van der Waals surface area contributed by atoms with Crippen molar-refractivity contribution in [3.05, 3.63) is 76.1 Å². The molecule has 3 aromatic rings. The highest BCUT2D eigenvalue weighted by atomic mass is 16.1. The van der Waals surface area contributed by atoms with Gasteiger partial charge in [0.2, 0.25) is 5.95 Å². The number of nitrogens with zero attached hydrogens (tertiary/aromatic N) is 3. The van der Waals surface area contributed by atoms with E-state index in [1.807, 2.05) is 37.3 Å². The maximum Gasteiger partial charge on any atom is 0.255 e. The third kappa shape index (κ3) is 5.91. The van der Waals surface area contributed by atoms with Crippen molar-refractivity contribution in [1.29, 1.82) is 0 Å². The Morgan fingerprint density at radius 3 is 2.52 bits per heavy atom. The van der Waals surface area contributed by atoms with Crippen molar-refractivity contribution in [2.75, 3.05) is 23.7 Å². The van der Waals surface area contributed by atoms with Gasteiger partial charge < -0.3 is 10.6 Å². The van der Waals surface area contributed by atoms with Crippen LogP contribution in [0.5, 0.6) is 0 Å². The minimum Gasteiger partial charge on any atom is -0.370 e. The van der Waals surface area contributed by atoms with Crippen LogP contribution < -0.4 is 16.2 Å². The average Bonchev–Trinajstić information content (AvgIpc) is 2.69. The summed E-state index contributed by atoms with van der Waals surface area (Å²) >= 11 is 0. The highest BCUT2D eigenvalue weighted by Gasteiger charge is 2.04. The molecular formula is C20H24N6O. The predicted molar refractivity (Wildman–Crippen MR) is 107 cm³/mol. The van der Waals surface area contributed by atoms with Gasteiger partial charge in [0, 0.05) is 49.4 Å². The molecule has 0 aliphatic heterocycles. The first-order valence-electron chi connectivity index (χ1n) is 9.09. The normalized spacial score (nSPS) is 10.6. The first-order valence-corrected chi connectivity index (χ1v) is 9.09. The van der Waals surface area contributed by atoms with Crippen LogP contribution in [0.25, 0.3) is 0 Å². The van der Waals surface area contributed by atoms with E-state index < -0.39 is 0 Å². The van der Waals surface area contributed by atoms with Crippen molar-refractivity contribution in [1.82, 2.24) is 19.9 Å². The molecule has 3 rings (SSSR count). The number of hydrogen-bond donors (Lipinski definition) is 3. The summed E-state index contributed by atoms with van der Waals surface area (Å²) in [6.07, 6.45) is 7.66. The molecule has 7 nitrogen and oxygen atoms in total. The van der Waals surface area contributed by atoms with Gasteiger partial charge in [0.25, 0.3) is 5.56 Å². The molecule has 3 N–H and O–H groups in total. The van der Waals surface area contributed by atoms with Crippen LogP contribution >= 0.6 is 0 Å². The molecule has 0 aliphatic rings. The third-order valence-corrected chi connectivity index (χ3v) is 4.11. The van der Waals surface area contributed by atoms with E-state index in [9.17, 15) is 4.79 Å². The first-order chi connectivity index (χ1) is 13.2. The highest BCUT2D eigenvalue weighted by Crippen LogP contribution is 2.06. The molecule has 0 saturated carbocycles. The van der Waals surface area contributed by atoms with Crippen LogP contribution in [0.2, 0.25) is 0 Å². The second-order valence-electron chi connectivity index (χ2n) is 6.35. The molecule has 3 aromatic heterocycles. The number of unbranched alkanes of at least 4 members (excludes halogenated alkanes) is 1. The number of anilines is 2. The summed E-state index contributed by atoms with van der Waals surface area (Å²) < 4.78 is 0. The Bertz CT molecular complexity index is 892. The van der Waals surface area contributed by atoms with Crippen LogP contribution in [0.4, 0.5) is 11.8 Å². The van der Waals surface area contributed by atoms with Gasteiger partial charge >= 0.3 is 0 Å². The van der Waals surface area contributed by atoms with Crippen LogP contribution in [0.15, 0.2) is 53.7 Å². The minimum absolute atomic E-state index is 0.120. The third-order valence-electron chi connectivity index (χ3n) is 4.11. The lowest BCUT2D eigenvalue weighted by Gasteiger charge is -2.07. The zero-order valence-electron chi connectivity index (χ0n) is 15.4. The molecule has 0 bridgehead atoms. The van der Waals surface area contributed by atoms with Crippen LogP contribution in [-0.4, -0.2) is 33.0 Å². The molecule has 0 spiro atoms. The van der Waals surface area contributed by atoms with Gasteiger partial charge in [0.05, 0.1) is 0 Å². The standard InChI is InChI=1S/C20H24N6O/c1-15-7-8-16(13-24-15)12-17-14-25-20(26-19(17)27)23-11-5-4-10-22-18-6-2-3-9-21-18/h2-3,6-9,13-14H,4-5,10-12H2,1H3,(H,21,22)(H2,23,25,26,27). The van der Waals surface area contributed by atoms with Gasteiger partial charge in [0.15, 0.2) is 0 Å². The van der Waals surface area contributed by atoms with Gasteiger partial charge in [-0.25, -0.2) is 9.97 Å². The molecule has 0 saturated heterocycles. The summed E-state index contributed by atoms with van der Waals surface area (Å²) in [5.74, 6) is 1.39. The van der Waals surface area contributed by atoms with Gasteiger partial charge in [-0.05, 0) is 43.5 Å². The quantitative estimate of drug-likeness (QED) is 0.505. The van der Waals surface area contributed by atoms with Crippen LogP contribution in [-0.2, 0) is 6.42 Å². The Kier molecular flexibility index (Phi) is 6.51. The molecule has 0 radical (unpaired) electrons. The van der Waals surface area contributed by atoms with E-state index in [1.165, 1.54) is 0 Å². The molecule has 0 aromatic carbocycles. The second kappa shape index (κ2) is 9.47. The highest BCUT2D eigenvalue weighted by molar-refractivity contribution is 5.32. The number of pyridine rings is 2. The maximum absolute atomic E-state index is 12.2. The smallest absolute Gasteiger partial charge is 0.255 e. The van der Waals surface area contributed by atoms with Crippen LogP contribution in [0, 0.1) is 6.92 Å². The largest absolute Gasteiger partial charge is 0.370 e. The van der Waals surface area contributed by atoms with E-state index in [4.69, 9.17) is 0 Å². The molecule has 7 heteroatoms.